The number of carbonyl (C=O) groups excluding carboxylic acids is 3. The molecule has 0 saturated carbocycles. The number of hydrogen-bond acceptors (Lipinski definition) is 4. The van der Waals surface area contributed by atoms with Crippen LogP contribution in [0.3, 0.4) is 0 Å². The molecule has 2 amide bonds. The highest BCUT2D eigenvalue weighted by Crippen LogP contribution is 2.18. The summed E-state index contributed by atoms with van der Waals surface area (Å²) in [5.41, 5.74) is 1.18. The van der Waals surface area contributed by atoms with Crippen LogP contribution in [0.1, 0.15) is 30.6 Å². The maximum Gasteiger partial charge on any atom is 0.340 e. The van der Waals surface area contributed by atoms with Crippen molar-refractivity contribution >= 4 is 28.7 Å². The summed E-state index contributed by atoms with van der Waals surface area (Å²) in [6.45, 7) is 3.62. The minimum atomic E-state index is -0.684. The average Bonchev–Trinajstić information content (AvgIpc) is 3.01. The van der Waals surface area contributed by atoms with Crippen LogP contribution in [0.15, 0.2) is 30.5 Å². The molecule has 128 valence electrons. The quantitative estimate of drug-likeness (QED) is 0.667. The zero-order chi connectivity index (χ0) is 17.5. The lowest BCUT2D eigenvalue weighted by molar-refractivity contribution is -0.130. The number of aromatic amines is 1. The average molecular weight is 331 g/mol. The van der Waals surface area contributed by atoms with Crippen LogP contribution in [0.2, 0.25) is 0 Å². The molecule has 0 spiro atoms. The summed E-state index contributed by atoms with van der Waals surface area (Å²) in [7, 11) is 0. The summed E-state index contributed by atoms with van der Waals surface area (Å²) in [6.07, 6.45) is 2.36. The van der Waals surface area contributed by atoms with Gasteiger partial charge in [-0.1, -0.05) is 25.1 Å². The van der Waals surface area contributed by atoms with E-state index in [0.29, 0.717) is 12.1 Å². The van der Waals surface area contributed by atoms with Gasteiger partial charge in [-0.05, 0) is 19.4 Å². The number of hydrogen-bond donors (Lipinski definition) is 3. The molecule has 0 unspecified atom stereocenters. The second-order valence-electron chi connectivity index (χ2n) is 5.40. The second-order valence-corrected chi connectivity index (χ2v) is 5.40. The summed E-state index contributed by atoms with van der Waals surface area (Å²) in [5.74, 6) is -1.39. The highest BCUT2D eigenvalue weighted by atomic mass is 16.5. The number of carbonyl (C=O) groups is 3. The van der Waals surface area contributed by atoms with Crippen LogP contribution in [0.4, 0.5) is 0 Å². The Hall–Kier alpha value is -2.83. The van der Waals surface area contributed by atoms with Gasteiger partial charge in [-0.25, -0.2) is 4.79 Å². The van der Waals surface area contributed by atoms with Gasteiger partial charge >= 0.3 is 5.97 Å². The first-order chi connectivity index (χ1) is 11.5. The predicted molar refractivity (Wildman–Crippen MR) is 89.5 cm³/mol. The number of rotatable bonds is 7. The molecular weight excluding hydrogens is 310 g/mol. The van der Waals surface area contributed by atoms with Gasteiger partial charge in [0.15, 0.2) is 6.61 Å². The molecule has 1 aromatic heterocycles. The van der Waals surface area contributed by atoms with Crippen molar-refractivity contribution in [1.82, 2.24) is 15.6 Å². The van der Waals surface area contributed by atoms with Crippen molar-refractivity contribution in [1.29, 1.82) is 0 Å². The summed E-state index contributed by atoms with van der Waals surface area (Å²) in [6, 6.07) is 6.62. The molecule has 1 atom stereocenters. The normalized spacial score (nSPS) is 11.8. The van der Waals surface area contributed by atoms with E-state index in [9.17, 15) is 14.4 Å². The molecule has 0 radical (unpaired) electrons. The summed E-state index contributed by atoms with van der Waals surface area (Å²) in [5, 5.41) is 5.90. The maximum atomic E-state index is 12.1. The van der Waals surface area contributed by atoms with Crippen LogP contribution < -0.4 is 10.6 Å². The fourth-order valence-electron chi connectivity index (χ4n) is 2.20. The number of para-hydroxylation sites is 1. The van der Waals surface area contributed by atoms with E-state index in [-0.39, 0.29) is 5.91 Å². The topological polar surface area (TPSA) is 100 Å². The SMILES string of the molecule is CCCNC(=O)[C@H](C)NC(=O)COC(=O)c1c[nH]c2ccccc12. The van der Waals surface area contributed by atoms with Gasteiger partial charge in [0.2, 0.25) is 5.91 Å². The van der Waals surface area contributed by atoms with Crippen LogP contribution in [0.5, 0.6) is 0 Å². The Morgan fingerprint density at radius 2 is 2.00 bits per heavy atom. The molecule has 0 bridgehead atoms. The lowest BCUT2D eigenvalue weighted by Gasteiger charge is -2.13. The molecule has 7 nitrogen and oxygen atoms in total. The van der Waals surface area contributed by atoms with E-state index in [1.165, 1.54) is 0 Å². The number of amides is 2. The molecule has 3 N–H and O–H groups in total. The van der Waals surface area contributed by atoms with Gasteiger partial charge < -0.3 is 20.4 Å². The van der Waals surface area contributed by atoms with Crippen molar-refractivity contribution in [2.75, 3.05) is 13.2 Å². The Kier molecular flexibility index (Phi) is 5.95. The van der Waals surface area contributed by atoms with E-state index in [4.69, 9.17) is 4.74 Å². The molecule has 24 heavy (non-hydrogen) atoms. The van der Waals surface area contributed by atoms with E-state index in [2.05, 4.69) is 15.6 Å². The first-order valence-corrected chi connectivity index (χ1v) is 7.83. The second kappa shape index (κ2) is 8.14. The molecule has 1 aromatic carbocycles. The monoisotopic (exact) mass is 331 g/mol. The number of benzene rings is 1. The van der Waals surface area contributed by atoms with Crippen molar-refractivity contribution in [3.05, 3.63) is 36.0 Å². The molecule has 0 saturated heterocycles. The Morgan fingerprint density at radius 1 is 1.25 bits per heavy atom. The highest BCUT2D eigenvalue weighted by molar-refractivity contribution is 6.04. The van der Waals surface area contributed by atoms with Gasteiger partial charge in [-0.2, -0.15) is 0 Å². The third-order valence-corrected chi connectivity index (χ3v) is 3.46. The molecule has 2 rings (SSSR count). The van der Waals surface area contributed by atoms with Crippen LogP contribution in [-0.4, -0.2) is 42.0 Å². The standard InChI is InChI=1S/C17H21N3O4/c1-3-8-18-16(22)11(2)20-15(21)10-24-17(23)13-9-19-14-7-5-4-6-12(13)14/h4-7,9,11,19H,3,8,10H2,1-2H3,(H,18,22)(H,20,21)/t11-/m0/s1. The third-order valence-electron chi connectivity index (χ3n) is 3.46. The Bertz CT molecular complexity index is 738. The lowest BCUT2D eigenvalue weighted by atomic mass is 10.2. The highest BCUT2D eigenvalue weighted by Gasteiger charge is 2.18. The zero-order valence-corrected chi connectivity index (χ0v) is 13.7. The maximum absolute atomic E-state index is 12.1. The molecule has 2 aromatic rings. The van der Waals surface area contributed by atoms with Crippen LogP contribution in [0, 0.1) is 0 Å². The number of ether oxygens (including phenoxy) is 1. The van der Waals surface area contributed by atoms with Crippen molar-refractivity contribution in [2.45, 2.75) is 26.3 Å². The van der Waals surface area contributed by atoms with E-state index >= 15 is 0 Å². The van der Waals surface area contributed by atoms with Gasteiger partial charge in [-0.15, -0.1) is 0 Å². The fourth-order valence-corrected chi connectivity index (χ4v) is 2.20. The van der Waals surface area contributed by atoms with Crippen molar-refractivity contribution in [2.24, 2.45) is 0 Å². The van der Waals surface area contributed by atoms with Gasteiger partial charge in [-0.3, -0.25) is 9.59 Å². The van der Waals surface area contributed by atoms with Crippen molar-refractivity contribution < 1.29 is 19.1 Å². The van der Waals surface area contributed by atoms with Gasteiger partial charge in [0.1, 0.15) is 6.04 Å². The minimum absolute atomic E-state index is 0.270. The summed E-state index contributed by atoms with van der Waals surface area (Å²) >= 11 is 0. The molecule has 0 fully saturated rings. The predicted octanol–water partition coefficient (Wildman–Crippen LogP) is 1.36. The molecule has 0 aliphatic heterocycles. The first kappa shape index (κ1) is 17.5. The van der Waals surface area contributed by atoms with E-state index in [1.807, 2.05) is 25.1 Å². The Balaban J connectivity index is 1.85. The van der Waals surface area contributed by atoms with Crippen LogP contribution in [-0.2, 0) is 14.3 Å². The Labute approximate surface area is 139 Å². The molecule has 1 heterocycles. The van der Waals surface area contributed by atoms with Gasteiger partial charge in [0.05, 0.1) is 5.56 Å². The minimum Gasteiger partial charge on any atom is -0.452 e. The number of esters is 1. The van der Waals surface area contributed by atoms with Gasteiger partial charge in [0, 0.05) is 23.6 Å². The van der Waals surface area contributed by atoms with Crippen molar-refractivity contribution in [3.8, 4) is 0 Å². The Morgan fingerprint density at radius 3 is 2.75 bits per heavy atom. The molecule has 0 aliphatic carbocycles. The zero-order valence-electron chi connectivity index (χ0n) is 13.7. The fraction of sp³-hybridized carbons (Fsp3) is 0.353. The lowest BCUT2D eigenvalue weighted by Crippen LogP contribution is -2.46. The third kappa shape index (κ3) is 4.34. The number of H-pyrrole nitrogens is 1. The molecule has 0 aliphatic rings. The van der Waals surface area contributed by atoms with E-state index < -0.39 is 24.5 Å². The number of fused-ring (bicyclic) bond motifs is 1. The summed E-state index contributed by atoms with van der Waals surface area (Å²) in [4.78, 5) is 38.5. The van der Waals surface area contributed by atoms with Crippen LogP contribution in [0.25, 0.3) is 10.9 Å². The summed E-state index contributed by atoms with van der Waals surface area (Å²) < 4.78 is 5.02. The van der Waals surface area contributed by atoms with Gasteiger partial charge in [0.25, 0.3) is 5.91 Å². The largest absolute Gasteiger partial charge is 0.452 e. The van der Waals surface area contributed by atoms with Crippen molar-refractivity contribution in [3.63, 3.8) is 0 Å². The van der Waals surface area contributed by atoms with E-state index in [1.54, 1.807) is 19.2 Å². The number of nitrogens with one attached hydrogen (secondary N) is 3. The van der Waals surface area contributed by atoms with Crippen LogP contribution >= 0.6 is 0 Å². The van der Waals surface area contributed by atoms with E-state index in [0.717, 1.165) is 17.3 Å². The first-order valence-electron chi connectivity index (χ1n) is 7.83. The smallest absolute Gasteiger partial charge is 0.340 e. The number of aromatic nitrogens is 1. The molecule has 7 heteroatoms. The molecular formula is C17H21N3O4.